The van der Waals surface area contributed by atoms with E-state index in [1.807, 2.05) is 19.1 Å². The lowest BCUT2D eigenvalue weighted by atomic mass is 10.2. The summed E-state index contributed by atoms with van der Waals surface area (Å²) in [5, 5.41) is 0. The topological polar surface area (TPSA) is 51.8 Å². The van der Waals surface area contributed by atoms with Gasteiger partial charge in [0.1, 0.15) is 5.82 Å². The van der Waals surface area contributed by atoms with Gasteiger partial charge in [0.15, 0.2) is 5.82 Å². The van der Waals surface area contributed by atoms with Gasteiger partial charge >= 0.3 is 0 Å². The van der Waals surface area contributed by atoms with Gasteiger partial charge in [0.25, 0.3) is 0 Å². The van der Waals surface area contributed by atoms with Gasteiger partial charge in [-0.05, 0) is 25.5 Å². The first kappa shape index (κ1) is 11.4. The molecule has 16 heavy (non-hydrogen) atoms. The summed E-state index contributed by atoms with van der Waals surface area (Å²) in [4.78, 5) is 9.73. The molecule has 0 spiro atoms. The van der Waals surface area contributed by atoms with Gasteiger partial charge in [-0.1, -0.05) is 18.5 Å². The Hall–Kier alpha value is -1.13. The predicted octanol–water partition coefficient (Wildman–Crippen LogP) is 3.31. The average molecular weight is 254 g/mol. The molecule has 0 saturated heterocycles. The van der Waals surface area contributed by atoms with Crippen LogP contribution in [-0.2, 0) is 6.42 Å². The summed E-state index contributed by atoms with van der Waals surface area (Å²) >= 11 is 7.35. The summed E-state index contributed by atoms with van der Waals surface area (Å²) in [7, 11) is 0. The zero-order chi connectivity index (χ0) is 11.7. The van der Waals surface area contributed by atoms with Crippen molar-refractivity contribution in [2.45, 2.75) is 20.3 Å². The third kappa shape index (κ3) is 2.03. The number of nitrogens with zero attached hydrogens (tertiary/aromatic N) is 2. The van der Waals surface area contributed by atoms with E-state index >= 15 is 0 Å². The highest BCUT2D eigenvalue weighted by atomic mass is 35.5. The Balaban J connectivity index is 2.54. The van der Waals surface area contributed by atoms with Gasteiger partial charge in [-0.15, -0.1) is 11.3 Å². The highest BCUT2D eigenvalue weighted by molar-refractivity contribution is 7.19. The molecule has 0 aliphatic heterocycles. The fraction of sp³-hybridized carbons (Fsp3) is 0.273. The molecule has 84 valence electrons. The van der Waals surface area contributed by atoms with Crippen molar-refractivity contribution in [2.24, 2.45) is 0 Å². The Bertz CT molecular complexity index is 522. The lowest BCUT2D eigenvalue weighted by Gasteiger charge is -2.07. The maximum absolute atomic E-state index is 5.89. The molecular weight excluding hydrogens is 242 g/mol. The van der Waals surface area contributed by atoms with Crippen LogP contribution in [0.1, 0.15) is 18.2 Å². The minimum Gasteiger partial charge on any atom is -0.383 e. The monoisotopic (exact) mass is 253 g/mol. The Kier molecular flexibility index (Phi) is 3.12. The first-order chi connectivity index (χ1) is 7.61. The number of aryl methyl sites for hydroxylation is 1. The van der Waals surface area contributed by atoms with Crippen LogP contribution in [0, 0.1) is 6.92 Å². The van der Waals surface area contributed by atoms with Gasteiger partial charge in [-0.2, -0.15) is 0 Å². The van der Waals surface area contributed by atoms with E-state index in [1.54, 1.807) is 0 Å². The molecule has 0 aliphatic carbocycles. The highest BCUT2D eigenvalue weighted by Crippen LogP contribution is 2.30. The number of anilines is 1. The van der Waals surface area contributed by atoms with Gasteiger partial charge in [-0.3, -0.25) is 0 Å². The molecule has 2 aromatic heterocycles. The largest absolute Gasteiger partial charge is 0.383 e. The molecule has 2 rings (SSSR count). The second-order valence-electron chi connectivity index (χ2n) is 3.46. The van der Waals surface area contributed by atoms with Gasteiger partial charge in [-0.25, -0.2) is 9.97 Å². The van der Waals surface area contributed by atoms with Crippen LogP contribution < -0.4 is 5.73 Å². The number of hydrogen-bond donors (Lipinski definition) is 1. The van der Waals surface area contributed by atoms with Crippen molar-refractivity contribution in [3.8, 4) is 10.7 Å². The molecule has 0 saturated carbocycles. The zero-order valence-corrected chi connectivity index (χ0v) is 10.7. The predicted molar refractivity (Wildman–Crippen MR) is 68.9 cm³/mol. The Labute approximate surface area is 103 Å². The summed E-state index contributed by atoms with van der Waals surface area (Å²) in [6.45, 7) is 4.00. The van der Waals surface area contributed by atoms with E-state index in [4.69, 9.17) is 17.3 Å². The normalized spacial score (nSPS) is 10.7. The maximum Gasteiger partial charge on any atom is 0.171 e. The molecule has 0 aliphatic rings. The van der Waals surface area contributed by atoms with Gasteiger partial charge in [0.2, 0.25) is 0 Å². The number of aromatic nitrogens is 2. The third-order valence-electron chi connectivity index (χ3n) is 2.41. The van der Waals surface area contributed by atoms with Crippen molar-refractivity contribution in [3.63, 3.8) is 0 Å². The van der Waals surface area contributed by atoms with E-state index in [2.05, 4.69) is 16.9 Å². The Morgan fingerprint density at radius 1 is 1.38 bits per heavy atom. The van der Waals surface area contributed by atoms with E-state index in [9.17, 15) is 0 Å². The Morgan fingerprint density at radius 3 is 2.69 bits per heavy atom. The van der Waals surface area contributed by atoms with Crippen LogP contribution in [0.2, 0.25) is 4.34 Å². The smallest absolute Gasteiger partial charge is 0.171 e. The summed E-state index contributed by atoms with van der Waals surface area (Å²) in [5.74, 6) is 1.21. The molecule has 0 radical (unpaired) electrons. The molecule has 2 aromatic rings. The van der Waals surface area contributed by atoms with E-state index in [-0.39, 0.29) is 0 Å². The van der Waals surface area contributed by atoms with Crippen molar-refractivity contribution < 1.29 is 0 Å². The van der Waals surface area contributed by atoms with E-state index in [0.29, 0.717) is 11.6 Å². The second kappa shape index (κ2) is 4.39. The number of rotatable bonds is 2. The summed E-state index contributed by atoms with van der Waals surface area (Å²) in [5.41, 5.74) is 7.82. The molecule has 0 amide bonds. The second-order valence-corrected chi connectivity index (χ2v) is 5.18. The van der Waals surface area contributed by atoms with Crippen molar-refractivity contribution >= 4 is 28.8 Å². The summed E-state index contributed by atoms with van der Waals surface area (Å²) in [6, 6.07) is 3.75. The minimum absolute atomic E-state index is 0.548. The van der Waals surface area contributed by atoms with E-state index < -0.39 is 0 Å². The van der Waals surface area contributed by atoms with Crippen molar-refractivity contribution in [1.29, 1.82) is 0 Å². The molecule has 0 atom stereocenters. The van der Waals surface area contributed by atoms with Crippen LogP contribution in [0.15, 0.2) is 12.1 Å². The molecule has 2 N–H and O–H groups in total. The zero-order valence-electron chi connectivity index (χ0n) is 9.12. The standard InChI is InChI=1S/C11H12ClN3S/c1-3-7-6(2)10(13)15-11(14-7)8-4-5-9(12)16-8/h4-5H,3H2,1-2H3,(H2,13,14,15). The van der Waals surface area contributed by atoms with Crippen LogP contribution in [0.5, 0.6) is 0 Å². The highest BCUT2D eigenvalue weighted by Gasteiger charge is 2.10. The summed E-state index contributed by atoms with van der Waals surface area (Å²) < 4.78 is 0.732. The minimum atomic E-state index is 0.548. The van der Waals surface area contributed by atoms with Gasteiger partial charge < -0.3 is 5.73 Å². The molecule has 0 fully saturated rings. The number of hydrogen-bond acceptors (Lipinski definition) is 4. The van der Waals surface area contributed by atoms with Crippen LogP contribution in [-0.4, -0.2) is 9.97 Å². The fourth-order valence-corrected chi connectivity index (χ4v) is 2.45. The molecule has 0 aromatic carbocycles. The van der Waals surface area contributed by atoms with Crippen LogP contribution in [0.25, 0.3) is 10.7 Å². The third-order valence-corrected chi connectivity index (χ3v) is 3.64. The van der Waals surface area contributed by atoms with Crippen molar-refractivity contribution in [3.05, 3.63) is 27.7 Å². The molecule has 2 heterocycles. The van der Waals surface area contributed by atoms with Crippen molar-refractivity contribution in [2.75, 3.05) is 5.73 Å². The number of nitrogens with two attached hydrogens (primary N) is 1. The van der Waals surface area contributed by atoms with Crippen LogP contribution in [0.3, 0.4) is 0 Å². The molecule has 3 nitrogen and oxygen atoms in total. The first-order valence-electron chi connectivity index (χ1n) is 5.00. The van der Waals surface area contributed by atoms with E-state index in [0.717, 1.165) is 26.9 Å². The molecule has 0 bridgehead atoms. The molecule has 5 heteroatoms. The van der Waals surface area contributed by atoms with Gasteiger partial charge in [0, 0.05) is 11.3 Å². The number of halogens is 1. The van der Waals surface area contributed by atoms with Crippen molar-refractivity contribution in [1.82, 2.24) is 9.97 Å². The number of thiophene rings is 1. The molecule has 0 unspecified atom stereocenters. The summed E-state index contributed by atoms with van der Waals surface area (Å²) in [6.07, 6.45) is 0.852. The fourth-order valence-electron chi connectivity index (χ4n) is 1.47. The molecular formula is C11H12ClN3S. The SMILES string of the molecule is CCc1nc(-c2ccc(Cl)s2)nc(N)c1C. The lowest BCUT2D eigenvalue weighted by molar-refractivity contribution is 0.984. The van der Waals surface area contributed by atoms with Crippen LogP contribution >= 0.6 is 22.9 Å². The lowest BCUT2D eigenvalue weighted by Crippen LogP contribution is -2.03. The maximum atomic E-state index is 5.89. The first-order valence-corrected chi connectivity index (χ1v) is 6.20. The quantitative estimate of drug-likeness (QED) is 0.893. The van der Waals surface area contributed by atoms with Gasteiger partial charge in [0.05, 0.1) is 9.21 Å². The Morgan fingerprint density at radius 2 is 2.12 bits per heavy atom. The average Bonchev–Trinajstić information content (AvgIpc) is 2.69. The number of nitrogen functional groups attached to an aromatic ring is 1. The van der Waals surface area contributed by atoms with E-state index in [1.165, 1.54) is 11.3 Å². The van der Waals surface area contributed by atoms with Crippen LogP contribution in [0.4, 0.5) is 5.82 Å².